The van der Waals surface area contributed by atoms with E-state index >= 15 is 0 Å². The fraction of sp³-hybridized carbons (Fsp3) is 0.714. The Hall–Kier alpha value is -1.32. The van der Waals surface area contributed by atoms with Gasteiger partial charge in [0.05, 0.1) is 0 Å². The molecule has 0 radical (unpaired) electrons. The molecule has 0 aromatic carbocycles. The summed E-state index contributed by atoms with van der Waals surface area (Å²) in [6.07, 6.45) is 4.07. The molecule has 2 saturated heterocycles. The van der Waals surface area contributed by atoms with Crippen LogP contribution in [0.15, 0.2) is 12.7 Å². The first-order chi connectivity index (χ1) is 8.61. The normalized spacial score (nSPS) is 25.3. The van der Waals surface area contributed by atoms with Gasteiger partial charge in [-0.05, 0) is 31.3 Å². The first-order valence-electron chi connectivity index (χ1n) is 6.82. The average Bonchev–Trinajstić information content (AvgIpc) is 2.84. The van der Waals surface area contributed by atoms with Gasteiger partial charge in [0.1, 0.15) is 0 Å². The topological polar surface area (TPSA) is 40.6 Å². The zero-order valence-electron chi connectivity index (χ0n) is 11.1. The number of piperidine rings is 1. The third-order valence-corrected chi connectivity index (χ3v) is 4.07. The molecule has 2 amide bonds. The van der Waals surface area contributed by atoms with Crippen molar-refractivity contribution in [2.45, 2.75) is 26.2 Å². The monoisotopic (exact) mass is 250 g/mol. The van der Waals surface area contributed by atoms with Crippen molar-refractivity contribution in [2.75, 3.05) is 26.2 Å². The third kappa shape index (κ3) is 2.74. The zero-order chi connectivity index (χ0) is 13.1. The van der Waals surface area contributed by atoms with Crippen LogP contribution in [0.25, 0.3) is 0 Å². The van der Waals surface area contributed by atoms with Crippen molar-refractivity contribution in [1.82, 2.24) is 9.80 Å². The van der Waals surface area contributed by atoms with Gasteiger partial charge in [-0.1, -0.05) is 13.5 Å². The van der Waals surface area contributed by atoms with E-state index in [-0.39, 0.29) is 11.8 Å². The van der Waals surface area contributed by atoms with Crippen molar-refractivity contribution in [3.05, 3.63) is 12.7 Å². The number of amides is 2. The van der Waals surface area contributed by atoms with Crippen LogP contribution in [0.1, 0.15) is 26.2 Å². The Kier molecular flexibility index (Phi) is 4.04. The van der Waals surface area contributed by atoms with Crippen molar-refractivity contribution in [2.24, 2.45) is 11.8 Å². The lowest BCUT2D eigenvalue weighted by molar-refractivity contribution is -0.138. The Morgan fingerprint density at radius 1 is 1.11 bits per heavy atom. The maximum Gasteiger partial charge on any atom is 0.245 e. The maximum absolute atomic E-state index is 12.3. The number of nitrogens with zero attached hydrogens (tertiary/aromatic N) is 2. The molecule has 0 aromatic rings. The predicted octanol–water partition coefficient (Wildman–Crippen LogP) is 1.28. The Bertz CT molecular complexity index is 346. The van der Waals surface area contributed by atoms with Gasteiger partial charge < -0.3 is 9.80 Å². The van der Waals surface area contributed by atoms with Gasteiger partial charge in [0, 0.05) is 32.1 Å². The summed E-state index contributed by atoms with van der Waals surface area (Å²) in [4.78, 5) is 27.5. The molecule has 2 rings (SSSR count). The highest BCUT2D eigenvalue weighted by molar-refractivity contribution is 5.87. The van der Waals surface area contributed by atoms with Gasteiger partial charge in [0.2, 0.25) is 11.8 Å². The highest BCUT2D eigenvalue weighted by Gasteiger charge is 2.32. The Morgan fingerprint density at radius 2 is 1.72 bits per heavy atom. The van der Waals surface area contributed by atoms with E-state index in [1.165, 1.54) is 6.08 Å². The predicted molar refractivity (Wildman–Crippen MR) is 69.9 cm³/mol. The van der Waals surface area contributed by atoms with E-state index in [9.17, 15) is 9.59 Å². The molecule has 2 fully saturated rings. The van der Waals surface area contributed by atoms with Gasteiger partial charge in [0.15, 0.2) is 0 Å². The minimum absolute atomic E-state index is 0.0179. The van der Waals surface area contributed by atoms with Crippen LogP contribution in [-0.2, 0) is 9.59 Å². The number of carbonyl (C=O) groups excluding carboxylic acids is 2. The molecule has 2 aliphatic rings. The molecule has 0 saturated carbocycles. The molecule has 4 heteroatoms. The summed E-state index contributed by atoms with van der Waals surface area (Å²) in [5, 5.41) is 0. The van der Waals surface area contributed by atoms with Gasteiger partial charge in [-0.15, -0.1) is 0 Å². The van der Waals surface area contributed by atoms with Gasteiger partial charge in [-0.2, -0.15) is 0 Å². The summed E-state index contributed by atoms with van der Waals surface area (Å²) >= 11 is 0. The van der Waals surface area contributed by atoms with Crippen LogP contribution in [0.3, 0.4) is 0 Å². The fourth-order valence-corrected chi connectivity index (χ4v) is 2.87. The van der Waals surface area contributed by atoms with Crippen LogP contribution in [0, 0.1) is 11.8 Å². The summed E-state index contributed by atoms with van der Waals surface area (Å²) in [6, 6.07) is 0. The third-order valence-electron chi connectivity index (χ3n) is 4.07. The highest BCUT2D eigenvalue weighted by atomic mass is 16.2. The molecule has 1 unspecified atom stereocenters. The second-order valence-electron chi connectivity index (χ2n) is 5.48. The molecular weight excluding hydrogens is 228 g/mol. The van der Waals surface area contributed by atoms with Gasteiger partial charge >= 0.3 is 0 Å². The fourth-order valence-electron chi connectivity index (χ4n) is 2.87. The van der Waals surface area contributed by atoms with Crippen LogP contribution >= 0.6 is 0 Å². The lowest BCUT2D eigenvalue weighted by atomic mass is 9.95. The molecule has 0 aromatic heterocycles. The second kappa shape index (κ2) is 5.55. The number of hydrogen-bond donors (Lipinski definition) is 0. The van der Waals surface area contributed by atoms with E-state index in [4.69, 9.17) is 0 Å². The van der Waals surface area contributed by atoms with E-state index in [2.05, 4.69) is 13.5 Å². The number of hydrogen-bond acceptors (Lipinski definition) is 2. The van der Waals surface area contributed by atoms with Crippen LogP contribution in [0.2, 0.25) is 0 Å². The summed E-state index contributed by atoms with van der Waals surface area (Å²) in [5.74, 6) is 1.03. The van der Waals surface area contributed by atoms with Crippen LogP contribution in [-0.4, -0.2) is 47.8 Å². The lowest BCUT2D eigenvalue weighted by Crippen LogP contribution is -2.43. The van der Waals surface area contributed by atoms with Crippen molar-refractivity contribution < 1.29 is 9.59 Å². The molecule has 1 atom stereocenters. The SMILES string of the molecule is C=CC(=O)N1CCC(C(=O)N2CCC(C)C2)CC1. The molecular formula is C14H22N2O2. The molecule has 2 aliphatic heterocycles. The van der Waals surface area contributed by atoms with Crippen molar-refractivity contribution >= 4 is 11.8 Å². The molecule has 0 aliphatic carbocycles. The summed E-state index contributed by atoms with van der Waals surface area (Å²) in [7, 11) is 0. The maximum atomic E-state index is 12.3. The standard InChI is InChI=1S/C14H22N2O2/c1-3-13(17)15-8-5-12(6-9-15)14(18)16-7-4-11(2)10-16/h3,11-12H,1,4-10H2,2H3. The quantitative estimate of drug-likeness (QED) is 0.693. The molecule has 0 bridgehead atoms. The first kappa shape index (κ1) is 13.1. The van der Waals surface area contributed by atoms with Crippen LogP contribution in [0.5, 0.6) is 0 Å². The Labute approximate surface area is 109 Å². The summed E-state index contributed by atoms with van der Waals surface area (Å²) in [6.45, 7) is 8.87. The second-order valence-corrected chi connectivity index (χ2v) is 5.48. The highest BCUT2D eigenvalue weighted by Crippen LogP contribution is 2.23. The van der Waals surface area contributed by atoms with Crippen molar-refractivity contribution in [3.8, 4) is 0 Å². The minimum atomic E-state index is -0.0179. The number of likely N-dealkylation sites (tertiary alicyclic amines) is 2. The largest absolute Gasteiger partial charge is 0.342 e. The van der Waals surface area contributed by atoms with E-state index < -0.39 is 0 Å². The molecule has 0 spiro atoms. The van der Waals surface area contributed by atoms with Crippen molar-refractivity contribution in [1.29, 1.82) is 0 Å². The van der Waals surface area contributed by atoms with Gasteiger partial charge in [0.25, 0.3) is 0 Å². The molecule has 18 heavy (non-hydrogen) atoms. The molecule has 4 nitrogen and oxygen atoms in total. The van der Waals surface area contributed by atoms with E-state index in [1.54, 1.807) is 4.90 Å². The Balaban J connectivity index is 1.84. The molecule has 2 heterocycles. The lowest BCUT2D eigenvalue weighted by Gasteiger charge is -2.32. The number of rotatable bonds is 2. The smallest absolute Gasteiger partial charge is 0.245 e. The van der Waals surface area contributed by atoms with Gasteiger partial charge in [-0.3, -0.25) is 9.59 Å². The minimum Gasteiger partial charge on any atom is -0.342 e. The van der Waals surface area contributed by atoms with E-state index in [1.807, 2.05) is 4.90 Å². The molecule has 0 N–H and O–H groups in total. The van der Waals surface area contributed by atoms with Crippen LogP contribution < -0.4 is 0 Å². The summed E-state index contributed by atoms with van der Waals surface area (Å²) < 4.78 is 0. The summed E-state index contributed by atoms with van der Waals surface area (Å²) in [5.41, 5.74) is 0. The van der Waals surface area contributed by atoms with Gasteiger partial charge in [-0.25, -0.2) is 0 Å². The first-order valence-corrected chi connectivity index (χ1v) is 6.82. The zero-order valence-corrected chi connectivity index (χ0v) is 11.1. The van der Waals surface area contributed by atoms with Crippen molar-refractivity contribution in [3.63, 3.8) is 0 Å². The Morgan fingerprint density at radius 3 is 2.22 bits per heavy atom. The van der Waals surface area contributed by atoms with Crippen LogP contribution in [0.4, 0.5) is 0 Å². The molecule has 100 valence electrons. The van der Waals surface area contributed by atoms with E-state index in [0.717, 1.165) is 32.4 Å². The van der Waals surface area contributed by atoms with E-state index in [0.29, 0.717) is 24.9 Å². The number of carbonyl (C=O) groups is 2. The average molecular weight is 250 g/mol.